The molecule has 324 valence electrons. The van der Waals surface area contributed by atoms with Crippen LogP contribution in [-0.4, -0.2) is 35.1 Å². The topological polar surface area (TPSA) is 44.4 Å². The van der Waals surface area contributed by atoms with Gasteiger partial charge in [0.25, 0.3) is 0 Å². The van der Waals surface area contributed by atoms with Crippen LogP contribution in [0, 0.1) is 0 Å². The minimum atomic E-state index is -3.13. The zero-order valence-electron chi connectivity index (χ0n) is 37.4. The number of para-hydroxylation sites is 2. The molecule has 69 heavy (non-hydrogen) atoms. The summed E-state index contributed by atoms with van der Waals surface area (Å²) >= 11 is 0. The fourth-order valence-electron chi connectivity index (χ4n) is 11.9. The summed E-state index contributed by atoms with van der Waals surface area (Å²) in [5.74, 6) is 1.79. The normalized spacial score (nSPS) is 13.2. The molecule has 5 nitrogen and oxygen atoms in total. The van der Waals surface area contributed by atoms with E-state index in [1.807, 2.05) is 12.4 Å². The van der Waals surface area contributed by atoms with Gasteiger partial charge in [-0.25, -0.2) is 9.97 Å². The van der Waals surface area contributed by atoms with Gasteiger partial charge in [0.05, 0.1) is 11.0 Å². The molecule has 0 unspecified atom stereocenters. The van der Waals surface area contributed by atoms with E-state index < -0.39 is 16.1 Å². The Labute approximate surface area is 400 Å². The predicted octanol–water partition coefficient (Wildman–Crippen LogP) is 8.99. The summed E-state index contributed by atoms with van der Waals surface area (Å²) in [6.07, 6.45) is 5.94. The van der Waals surface area contributed by atoms with Gasteiger partial charge in [-0.3, -0.25) is 8.97 Å². The van der Waals surface area contributed by atoms with Crippen LogP contribution in [0.2, 0.25) is 0 Å². The Bertz CT molecular complexity index is 4040. The van der Waals surface area contributed by atoms with E-state index in [2.05, 4.69) is 252 Å². The van der Waals surface area contributed by atoms with Gasteiger partial charge in [0.1, 0.15) is 22.8 Å². The second kappa shape index (κ2) is 15.5. The number of nitrogens with zero attached hydrogens (tertiary/aromatic N) is 4. The first-order valence-corrected chi connectivity index (χ1v) is 27.6. The molecule has 9 aromatic carbocycles. The Morgan fingerprint density at radius 3 is 1.77 bits per heavy atom. The summed E-state index contributed by atoms with van der Waals surface area (Å²) < 4.78 is 11.8. The van der Waals surface area contributed by atoms with Crippen LogP contribution >= 0.6 is 0 Å². The van der Waals surface area contributed by atoms with Gasteiger partial charge in [0.15, 0.2) is 16.1 Å². The number of benzene rings is 9. The minimum absolute atomic E-state index is 0.882. The smallest absolute Gasteiger partial charge is 0.191 e. The van der Waals surface area contributed by atoms with Crippen LogP contribution in [0.25, 0.3) is 54.9 Å². The molecule has 7 heteroatoms. The van der Waals surface area contributed by atoms with E-state index in [0.717, 1.165) is 55.7 Å². The van der Waals surface area contributed by atoms with E-state index in [9.17, 15) is 0 Å². The third kappa shape index (κ3) is 5.63. The number of fused-ring (bicyclic) bond motifs is 12. The SMILES string of the molecule is c1ccc([Si](c2ccccc2)(c2cccc(-n3c4ncccc4c4ccc5c(c43)[Si](c3ccccc3)(c3ccccc3)c3ccccc3O5)c2)c2ccc3c4ccccc4n4ccnc4c3c2)cc1. The van der Waals surface area contributed by atoms with Crippen molar-refractivity contribution in [3.63, 3.8) is 0 Å². The van der Waals surface area contributed by atoms with E-state index in [1.54, 1.807) is 0 Å². The van der Waals surface area contributed by atoms with E-state index in [1.165, 1.54) is 52.3 Å². The van der Waals surface area contributed by atoms with E-state index >= 15 is 0 Å². The van der Waals surface area contributed by atoms with Crippen molar-refractivity contribution in [2.45, 2.75) is 0 Å². The minimum Gasteiger partial charge on any atom is -0.457 e. The molecule has 0 atom stereocenters. The molecule has 14 rings (SSSR count). The average Bonchev–Trinajstić information content (AvgIpc) is 4.06. The van der Waals surface area contributed by atoms with Crippen molar-refractivity contribution in [3.8, 4) is 17.2 Å². The van der Waals surface area contributed by atoms with Crippen LogP contribution in [0.4, 0.5) is 0 Å². The van der Waals surface area contributed by atoms with Crippen LogP contribution in [0.1, 0.15) is 0 Å². The Morgan fingerprint density at radius 1 is 0.406 bits per heavy atom. The first-order chi connectivity index (χ1) is 34.2. The van der Waals surface area contributed by atoms with Crippen molar-refractivity contribution in [3.05, 3.63) is 255 Å². The molecule has 0 radical (unpaired) electrons. The molecule has 0 bridgehead atoms. The predicted molar refractivity (Wildman–Crippen MR) is 290 cm³/mol. The number of hydrogen-bond donors (Lipinski definition) is 0. The molecule has 13 aromatic rings. The number of hydrogen-bond acceptors (Lipinski definition) is 3. The highest BCUT2D eigenvalue weighted by Crippen LogP contribution is 2.38. The molecule has 5 heterocycles. The summed E-state index contributed by atoms with van der Waals surface area (Å²) in [5, 5.41) is 16.0. The summed E-state index contributed by atoms with van der Waals surface area (Å²) in [5.41, 5.74) is 5.19. The van der Waals surface area contributed by atoms with Gasteiger partial charge in [0, 0.05) is 51.0 Å². The lowest BCUT2D eigenvalue weighted by Gasteiger charge is -2.40. The van der Waals surface area contributed by atoms with Crippen LogP contribution < -0.4 is 46.2 Å². The van der Waals surface area contributed by atoms with E-state index in [-0.39, 0.29) is 0 Å². The lowest BCUT2D eigenvalue weighted by Crippen LogP contribution is -2.76. The maximum absolute atomic E-state index is 7.11. The van der Waals surface area contributed by atoms with Crippen LogP contribution in [0.3, 0.4) is 0 Å². The summed E-state index contributed by atoms with van der Waals surface area (Å²) in [6.45, 7) is 0. The molecule has 1 aliphatic heterocycles. The molecule has 0 amide bonds. The Morgan fingerprint density at radius 2 is 1.01 bits per heavy atom. The highest BCUT2D eigenvalue weighted by Gasteiger charge is 2.50. The average molecular weight is 915 g/mol. The number of aromatic nitrogens is 4. The zero-order chi connectivity index (χ0) is 45.5. The highest BCUT2D eigenvalue weighted by atomic mass is 28.3. The third-order valence-electron chi connectivity index (χ3n) is 14.7. The van der Waals surface area contributed by atoms with Gasteiger partial charge in [-0.15, -0.1) is 0 Å². The summed E-state index contributed by atoms with van der Waals surface area (Å²) in [7, 11) is -6.24. The molecule has 0 saturated heterocycles. The third-order valence-corrected chi connectivity index (χ3v) is 24.3. The van der Waals surface area contributed by atoms with Crippen molar-refractivity contribution < 1.29 is 4.74 Å². The highest BCUT2D eigenvalue weighted by molar-refractivity contribution is 7.22. The van der Waals surface area contributed by atoms with Crippen molar-refractivity contribution in [1.29, 1.82) is 0 Å². The molecular weight excluding hydrogens is 873 g/mol. The lowest BCUT2D eigenvalue weighted by atomic mass is 10.1. The molecule has 1 aliphatic rings. The van der Waals surface area contributed by atoms with Gasteiger partial charge in [0.2, 0.25) is 0 Å². The van der Waals surface area contributed by atoms with Crippen molar-refractivity contribution in [2.75, 3.05) is 0 Å². The Hall–Kier alpha value is -8.63. The monoisotopic (exact) mass is 914 g/mol. The number of ether oxygens (including phenoxy) is 1. The van der Waals surface area contributed by atoms with Crippen molar-refractivity contribution in [2.24, 2.45) is 0 Å². The fraction of sp³-hybridized carbons (Fsp3) is 0. The van der Waals surface area contributed by atoms with E-state index in [0.29, 0.717) is 0 Å². The van der Waals surface area contributed by atoms with Gasteiger partial charge in [-0.2, -0.15) is 0 Å². The molecular formula is C62H42N4OSi2. The van der Waals surface area contributed by atoms with Crippen molar-refractivity contribution >= 4 is 107 Å². The molecule has 0 spiro atoms. The molecule has 0 fully saturated rings. The maximum Gasteiger partial charge on any atom is 0.191 e. The molecule has 0 aliphatic carbocycles. The summed E-state index contributed by atoms with van der Waals surface area (Å²) in [4.78, 5) is 10.3. The Kier molecular flexibility index (Phi) is 8.86. The first-order valence-electron chi connectivity index (χ1n) is 23.6. The second-order valence-corrected chi connectivity index (χ2v) is 25.6. The standard InChI is InChI=1S/C62H42N4OSi2/c1-5-20-44(21-6-1)68(45-22-7-2-8-23-45,49-34-35-50-51-29-13-14-31-55(51)65-40-39-64-61(65)54(50)42-49)48-28-17-19-43(41-48)66-59-52(53-30-18-38-63-62(53)66)36-37-57-60(59)69(46-24-9-3-10-25-46,47-26-11-4-12-27-47)58-33-16-15-32-56(58)67-57/h1-42H. The van der Waals surface area contributed by atoms with Crippen LogP contribution in [0.15, 0.2) is 255 Å². The zero-order valence-corrected chi connectivity index (χ0v) is 39.4. The number of pyridine rings is 2. The van der Waals surface area contributed by atoms with Gasteiger partial charge in [-0.1, -0.05) is 188 Å². The number of rotatable bonds is 7. The molecule has 0 saturated carbocycles. The number of imidazole rings is 1. The van der Waals surface area contributed by atoms with Crippen molar-refractivity contribution in [1.82, 2.24) is 18.9 Å². The lowest BCUT2D eigenvalue weighted by molar-refractivity contribution is 0.487. The second-order valence-electron chi connectivity index (χ2n) is 18.1. The largest absolute Gasteiger partial charge is 0.457 e. The molecule has 4 aromatic heterocycles. The Balaban J connectivity index is 1.11. The maximum atomic E-state index is 7.11. The van der Waals surface area contributed by atoms with Crippen LogP contribution in [0.5, 0.6) is 11.5 Å². The van der Waals surface area contributed by atoms with Gasteiger partial charge >= 0.3 is 0 Å². The fourth-order valence-corrected chi connectivity index (χ4v) is 21.9. The summed E-state index contributed by atoms with van der Waals surface area (Å²) in [6, 6.07) is 87.5. The van der Waals surface area contributed by atoms with Gasteiger partial charge in [-0.05, 0) is 90.2 Å². The molecule has 0 N–H and O–H groups in total. The quantitative estimate of drug-likeness (QED) is 0.0912. The van der Waals surface area contributed by atoms with Crippen LogP contribution in [-0.2, 0) is 0 Å². The van der Waals surface area contributed by atoms with Gasteiger partial charge < -0.3 is 4.74 Å². The van der Waals surface area contributed by atoms with E-state index in [4.69, 9.17) is 14.7 Å². The first kappa shape index (κ1) is 39.5.